The second-order valence-electron chi connectivity index (χ2n) is 6.03. The molecule has 2 amide bonds. The van der Waals surface area contributed by atoms with Gasteiger partial charge < -0.3 is 20.7 Å². The molecule has 0 saturated heterocycles. The summed E-state index contributed by atoms with van der Waals surface area (Å²) in [6.45, 7) is 3.90. The Balaban J connectivity index is 1.57. The number of nitrogen functional groups attached to an aromatic ring is 1. The van der Waals surface area contributed by atoms with Gasteiger partial charge in [-0.15, -0.1) is 0 Å². The third-order valence-corrected chi connectivity index (χ3v) is 4.12. The van der Waals surface area contributed by atoms with Crippen molar-refractivity contribution in [3.63, 3.8) is 0 Å². The summed E-state index contributed by atoms with van der Waals surface area (Å²) >= 11 is 0. The molecule has 7 nitrogen and oxygen atoms in total. The summed E-state index contributed by atoms with van der Waals surface area (Å²) in [7, 11) is 0. The molecule has 0 unspecified atom stereocenters. The molecule has 0 radical (unpaired) electrons. The lowest BCUT2D eigenvalue weighted by Crippen LogP contribution is -2.39. The number of anilines is 2. The van der Waals surface area contributed by atoms with Crippen molar-refractivity contribution < 1.29 is 9.53 Å². The first-order chi connectivity index (χ1) is 12.2. The monoisotopic (exact) mass is 341 g/mol. The molecule has 1 aromatic carbocycles. The molecule has 0 aliphatic carbocycles. The van der Waals surface area contributed by atoms with Crippen molar-refractivity contribution in [1.29, 1.82) is 0 Å². The van der Waals surface area contributed by atoms with Crippen LogP contribution in [0.1, 0.15) is 31.0 Å². The standard InChI is InChI=1S/C18H23N5O2/c1-2-3-10-25-15-6-4-14(5-7-15)21-18(24)23-9-8-13-11-20-17(19)22-16(13)12-23/h4-7,11H,2-3,8-10,12H2,1H3,(H,21,24)(H2,19,20,22). The second kappa shape index (κ2) is 7.83. The van der Waals surface area contributed by atoms with E-state index in [4.69, 9.17) is 10.5 Å². The van der Waals surface area contributed by atoms with Crippen molar-refractivity contribution in [3.8, 4) is 5.75 Å². The molecule has 132 valence electrons. The zero-order valence-electron chi connectivity index (χ0n) is 14.4. The van der Waals surface area contributed by atoms with E-state index in [-0.39, 0.29) is 12.0 Å². The van der Waals surface area contributed by atoms with E-state index in [1.807, 2.05) is 24.3 Å². The number of benzene rings is 1. The number of amides is 2. The number of aromatic nitrogens is 2. The molecule has 7 heteroatoms. The van der Waals surface area contributed by atoms with Crippen LogP contribution in [-0.2, 0) is 13.0 Å². The molecule has 3 N–H and O–H groups in total. The number of carbonyl (C=O) groups excluding carboxylic acids is 1. The van der Waals surface area contributed by atoms with Gasteiger partial charge in [-0.2, -0.15) is 0 Å². The van der Waals surface area contributed by atoms with Crippen molar-refractivity contribution in [2.75, 3.05) is 24.2 Å². The van der Waals surface area contributed by atoms with Crippen LogP contribution in [-0.4, -0.2) is 34.1 Å². The quantitative estimate of drug-likeness (QED) is 0.816. The maximum Gasteiger partial charge on any atom is 0.322 e. The lowest BCUT2D eigenvalue weighted by atomic mass is 10.1. The number of nitrogens with zero attached hydrogens (tertiary/aromatic N) is 3. The van der Waals surface area contributed by atoms with E-state index < -0.39 is 0 Å². The zero-order valence-corrected chi connectivity index (χ0v) is 14.4. The summed E-state index contributed by atoms with van der Waals surface area (Å²) in [4.78, 5) is 22.4. The van der Waals surface area contributed by atoms with Crippen LogP contribution in [0.25, 0.3) is 0 Å². The zero-order chi connectivity index (χ0) is 17.6. The van der Waals surface area contributed by atoms with Crippen molar-refractivity contribution >= 4 is 17.7 Å². The molecule has 0 saturated carbocycles. The van der Waals surface area contributed by atoms with Gasteiger partial charge in [-0.25, -0.2) is 14.8 Å². The molecule has 1 aromatic heterocycles. The fourth-order valence-corrected chi connectivity index (χ4v) is 2.66. The van der Waals surface area contributed by atoms with Crippen LogP contribution in [0, 0.1) is 0 Å². The van der Waals surface area contributed by atoms with E-state index in [2.05, 4.69) is 22.2 Å². The Morgan fingerprint density at radius 1 is 1.36 bits per heavy atom. The number of hydrogen-bond acceptors (Lipinski definition) is 5. The van der Waals surface area contributed by atoms with Crippen molar-refractivity contribution in [3.05, 3.63) is 41.7 Å². The number of unbranched alkanes of at least 4 members (excludes halogenated alkanes) is 1. The first kappa shape index (κ1) is 17.0. The molecule has 0 fully saturated rings. The number of nitrogens with two attached hydrogens (primary N) is 1. The van der Waals surface area contributed by atoms with Gasteiger partial charge in [0.05, 0.1) is 18.8 Å². The van der Waals surface area contributed by atoms with Crippen molar-refractivity contribution in [2.24, 2.45) is 0 Å². The lowest BCUT2D eigenvalue weighted by Gasteiger charge is -2.28. The topological polar surface area (TPSA) is 93.4 Å². The van der Waals surface area contributed by atoms with Gasteiger partial charge in [0.2, 0.25) is 5.95 Å². The molecule has 25 heavy (non-hydrogen) atoms. The van der Waals surface area contributed by atoms with Gasteiger partial charge in [0.25, 0.3) is 0 Å². The Hall–Kier alpha value is -2.83. The highest BCUT2D eigenvalue weighted by molar-refractivity contribution is 5.89. The highest BCUT2D eigenvalue weighted by Gasteiger charge is 2.22. The van der Waals surface area contributed by atoms with Gasteiger partial charge in [0.1, 0.15) is 5.75 Å². The fraction of sp³-hybridized carbons (Fsp3) is 0.389. The smallest absolute Gasteiger partial charge is 0.322 e. The summed E-state index contributed by atoms with van der Waals surface area (Å²) in [5.41, 5.74) is 8.23. The van der Waals surface area contributed by atoms with E-state index in [1.54, 1.807) is 11.1 Å². The van der Waals surface area contributed by atoms with Gasteiger partial charge in [0, 0.05) is 18.4 Å². The molecule has 1 aliphatic rings. The minimum Gasteiger partial charge on any atom is -0.494 e. The molecular formula is C18H23N5O2. The van der Waals surface area contributed by atoms with Gasteiger partial charge in [-0.05, 0) is 42.7 Å². The number of carbonyl (C=O) groups is 1. The predicted octanol–water partition coefficient (Wildman–Crippen LogP) is 2.83. The third kappa shape index (κ3) is 4.37. The SMILES string of the molecule is CCCCOc1ccc(NC(=O)N2CCc3cnc(N)nc3C2)cc1. The largest absolute Gasteiger partial charge is 0.494 e. The number of urea groups is 1. The Bertz CT molecular complexity index is 733. The first-order valence-corrected chi connectivity index (χ1v) is 8.54. The summed E-state index contributed by atoms with van der Waals surface area (Å²) in [6.07, 6.45) is 4.60. The second-order valence-corrected chi connectivity index (χ2v) is 6.03. The van der Waals surface area contributed by atoms with Gasteiger partial charge >= 0.3 is 6.03 Å². The maximum absolute atomic E-state index is 12.5. The number of fused-ring (bicyclic) bond motifs is 1. The van der Waals surface area contributed by atoms with E-state index >= 15 is 0 Å². The number of rotatable bonds is 5. The molecule has 0 atom stereocenters. The summed E-state index contributed by atoms with van der Waals surface area (Å²) in [5.74, 6) is 1.05. The third-order valence-electron chi connectivity index (χ3n) is 4.12. The Morgan fingerprint density at radius 3 is 2.92 bits per heavy atom. The number of hydrogen-bond donors (Lipinski definition) is 2. The van der Waals surface area contributed by atoms with Crippen LogP contribution in [0.2, 0.25) is 0 Å². The highest BCUT2D eigenvalue weighted by atomic mass is 16.5. The predicted molar refractivity (Wildman–Crippen MR) is 96.4 cm³/mol. The Kier molecular flexibility index (Phi) is 5.33. The highest BCUT2D eigenvalue weighted by Crippen LogP contribution is 2.20. The molecule has 2 aromatic rings. The fourth-order valence-electron chi connectivity index (χ4n) is 2.66. The molecule has 1 aliphatic heterocycles. The molecular weight excluding hydrogens is 318 g/mol. The summed E-state index contributed by atoms with van der Waals surface area (Å²) < 4.78 is 5.62. The summed E-state index contributed by atoms with van der Waals surface area (Å²) in [5, 5.41) is 2.91. The maximum atomic E-state index is 12.5. The average Bonchev–Trinajstić information content (AvgIpc) is 2.62. The van der Waals surface area contributed by atoms with Crippen LogP contribution in [0.4, 0.5) is 16.4 Å². The van der Waals surface area contributed by atoms with Crippen molar-refractivity contribution in [2.45, 2.75) is 32.7 Å². The minimum absolute atomic E-state index is 0.150. The van der Waals surface area contributed by atoms with Gasteiger partial charge in [-0.3, -0.25) is 0 Å². The van der Waals surface area contributed by atoms with E-state index in [1.165, 1.54) is 0 Å². The molecule has 0 spiro atoms. The average molecular weight is 341 g/mol. The Morgan fingerprint density at radius 2 is 2.16 bits per heavy atom. The number of ether oxygens (including phenoxy) is 1. The van der Waals surface area contributed by atoms with Crippen LogP contribution in [0.15, 0.2) is 30.5 Å². The van der Waals surface area contributed by atoms with E-state index in [0.717, 1.165) is 42.0 Å². The molecule has 3 rings (SSSR count). The van der Waals surface area contributed by atoms with Crippen LogP contribution < -0.4 is 15.8 Å². The first-order valence-electron chi connectivity index (χ1n) is 8.54. The summed E-state index contributed by atoms with van der Waals surface area (Å²) in [6, 6.07) is 7.27. The van der Waals surface area contributed by atoms with Crippen LogP contribution in [0.5, 0.6) is 5.75 Å². The van der Waals surface area contributed by atoms with Crippen LogP contribution >= 0.6 is 0 Å². The van der Waals surface area contributed by atoms with E-state index in [9.17, 15) is 4.79 Å². The lowest BCUT2D eigenvalue weighted by molar-refractivity contribution is 0.205. The molecule has 0 bridgehead atoms. The molecule has 2 heterocycles. The number of nitrogens with one attached hydrogen (secondary N) is 1. The Labute approximate surface area is 147 Å². The minimum atomic E-state index is -0.150. The van der Waals surface area contributed by atoms with E-state index in [0.29, 0.717) is 19.7 Å². The van der Waals surface area contributed by atoms with Gasteiger partial charge in [-0.1, -0.05) is 13.3 Å². The normalized spacial score (nSPS) is 13.2. The van der Waals surface area contributed by atoms with Crippen LogP contribution in [0.3, 0.4) is 0 Å². The van der Waals surface area contributed by atoms with Crippen molar-refractivity contribution in [1.82, 2.24) is 14.9 Å². The van der Waals surface area contributed by atoms with Gasteiger partial charge in [0.15, 0.2) is 0 Å².